The van der Waals surface area contributed by atoms with Crippen LogP contribution in [0.2, 0.25) is 0 Å². The van der Waals surface area contributed by atoms with Crippen LogP contribution >= 0.6 is 31.9 Å². The summed E-state index contributed by atoms with van der Waals surface area (Å²) in [6.07, 6.45) is 1.37. The fraction of sp³-hybridized carbons (Fsp3) is 0.385. The predicted octanol–water partition coefficient (Wildman–Crippen LogP) is 2.96. The number of hydrogen-bond donors (Lipinski definition) is 2. The van der Waals surface area contributed by atoms with Crippen LogP contribution in [0.3, 0.4) is 0 Å². The van der Waals surface area contributed by atoms with Crippen molar-refractivity contribution < 1.29 is 19.4 Å². The maximum Gasteiger partial charge on any atom is 0.335 e. The molecule has 1 atom stereocenters. The first kappa shape index (κ1) is 15.3. The van der Waals surface area contributed by atoms with Gasteiger partial charge in [0, 0.05) is 6.04 Å². The van der Waals surface area contributed by atoms with Crippen LogP contribution in [0.25, 0.3) is 0 Å². The molecule has 0 aromatic heterocycles. The zero-order valence-corrected chi connectivity index (χ0v) is 13.8. The molecule has 1 unspecified atom stereocenters. The Hall–Kier alpha value is -1.08. The average Bonchev–Trinajstić information content (AvgIpc) is 3.16. The molecule has 2 N–H and O–H groups in total. The third-order valence-corrected chi connectivity index (χ3v) is 4.01. The smallest absolute Gasteiger partial charge is 0.335 e. The van der Waals surface area contributed by atoms with Gasteiger partial charge in [-0.2, -0.15) is 0 Å². The first-order valence-electron chi connectivity index (χ1n) is 6.08. The summed E-state index contributed by atoms with van der Waals surface area (Å²) in [6.45, 7) is 1.65. The van der Waals surface area contributed by atoms with Gasteiger partial charge in [0.2, 0.25) is 0 Å². The molecular formula is C13H13Br2NO4. The van der Waals surface area contributed by atoms with Crippen molar-refractivity contribution in [2.24, 2.45) is 0 Å². The molecule has 2 rings (SSSR count). The molecule has 20 heavy (non-hydrogen) atoms. The first-order valence-corrected chi connectivity index (χ1v) is 7.66. The lowest BCUT2D eigenvalue weighted by atomic mass is 10.2. The monoisotopic (exact) mass is 405 g/mol. The Kier molecular flexibility index (Phi) is 4.70. The summed E-state index contributed by atoms with van der Waals surface area (Å²) in [7, 11) is 0. The van der Waals surface area contributed by atoms with E-state index in [-0.39, 0.29) is 17.5 Å². The van der Waals surface area contributed by atoms with Crippen LogP contribution < -0.4 is 10.1 Å². The number of carboxylic acid groups (broad SMARTS) is 1. The molecule has 0 heterocycles. The number of carbonyl (C=O) groups excluding carboxylic acids is 1. The third-order valence-electron chi connectivity index (χ3n) is 2.83. The maximum absolute atomic E-state index is 11.8. The van der Waals surface area contributed by atoms with Crippen molar-refractivity contribution in [1.29, 1.82) is 0 Å². The maximum atomic E-state index is 11.8. The average molecular weight is 407 g/mol. The van der Waals surface area contributed by atoms with Crippen molar-refractivity contribution in [2.75, 3.05) is 0 Å². The highest BCUT2D eigenvalue weighted by Gasteiger charge is 2.27. The number of halogens is 2. The fourth-order valence-corrected chi connectivity index (χ4v) is 2.95. The summed E-state index contributed by atoms with van der Waals surface area (Å²) in [5.74, 6) is -0.792. The van der Waals surface area contributed by atoms with Crippen molar-refractivity contribution in [3.05, 3.63) is 26.6 Å². The second kappa shape index (κ2) is 6.13. The SMILES string of the molecule is CC(Oc1c(Br)cc(C(=O)O)cc1Br)C(=O)NC1CC1. The highest BCUT2D eigenvalue weighted by Crippen LogP contribution is 2.35. The van der Waals surface area contributed by atoms with E-state index in [0.717, 1.165) is 12.8 Å². The number of benzene rings is 1. The molecule has 1 aromatic carbocycles. The summed E-state index contributed by atoms with van der Waals surface area (Å²) in [4.78, 5) is 22.8. The summed E-state index contributed by atoms with van der Waals surface area (Å²) in [5, 5.41) is 11.8. The third kappa shape index (κ3) is 3.73. The first-order chi connectivity index (χ1) is 9.38. The van der Waals surface area contributed by atoms with Crippen molar-refractivity contribution in [2.45, 2.75) is 31.9 Å². The Morgan fingerprint density at radius 1 is 1.35 bits per heavy atom. The summed E-state index contributed by atoms with van der Waals surface area (Å²) >= 11 is 6.51. The molecule has 7 heteroatoms. The second-order valence-electron chi connectivity index (χ2n) is 4.62. The van der Waals surface area contributed by atoms with E-state index in [1.807, 2.05) is 0 Å². The van der Waals surface area contributed by atoms with Crippen molar-refractivity contribution in [3.8, 4) is 5.75 Å². The minimum absolute atomic E-state index is 0.131. The number of carbonyl (C=O) groups is 2. The Balaban J connectivity index is 2.11. The van der Waals surface area contributed by atoms with Crippen LogP contribution in [-0.2, 0) is 4.79 Å². The van der Waals surface area contributed by atoms with Gasteiger partial charge in [0.15, 0.2) is 6.10 Å². The van der Waals surface area contributed by atoms with E-state index in [1.54, 1.807) is 6.92 Å². The number of rotatable bonds is 5. The number of hydrogen-bond acceptors (Lipinski definition) is 3. The molecule has 0 bridgehead atoms. The molecule has 1 saturated carbocycles. The van der Waals surface area contributed by atoms with Crippen LogP contribution in [0.1, 0.15) is 30.1 Å². The van der Waals surface area contributed by atoms with Gasteiger partial charge in [-0.1, -0.05) is 0 Å². The van der Waals surface area contributed by atoms with Gasteiger partial charge in [0.05, 0.1) is 14.5 Å². The molecule has 1 aromatic rings. The lowest BCUT2D eigenvalue weighted by Crippen LogP contribution is -2.37. The van der Waals surface area contributed by atoms with E-state index in [4.69, 9.17) is 9.84 Å². The van der Waals surface area contributed by atoms with Gasteiger partial charge in [-0.15, -0.1) is 0 Å². The molecule has 0 radical (unpaired) electrons. The van der Waals surface area contributed by atoms with E-state index >= 15 is 0 Å². The van der Waals surface area contributed by atoms with Gasteiger partial charge in [-0.05, 0) is 63.8 Å². The molecular weight excluding hydrogens is 394 g/mol. The Bertz CT molecular complexity index is 534. The fourth-order valence-electron chi connectivity index (χ4n) is 1.57. The highest BCUT2D eigenvalue weighted by atomic mass is 79.9. The number of carboxylic acids is 1. The summed E-state index contributed by atoms with van der Waals surface area (Å²) in [5.41, 5.74) is 0.131. The largest absolute Gasteiger partial charge is 0.479 e. The van der Waals surface area contributed by atoms with Gasteiger partial charge in [0.1, 0.15) is 5.75 Å². The van der Waals surface area contributed by atoms with Crippen LogP contribution in [0.4, 0.5) is 0 Å². The topological polar surface area (TPSA) is 75.6 Å². The zero-order valence-electron chi connectivity index (χ0n) is 10.7. The lowest BCUT2D eigenvalue weighted by Gasteiger charge is -2.17. The van der Waals surface area contributed by atoms with E-state index in [0.29, 0.717) is 14.7 Å². The number of aromatic carboxylic acids is 1. The van der Waals surface area contributed by atoms with Crippen molar-refractivity contribution in [3.63, 3.8) is 0 Å². The lowest BCUT2D eigenvalue weighted by molar-refractivity contribution is -0.127. The highest BCUT2D eigenvalue weighted by molar-refractivity contribution is 9.11. The predicted molar refractivity (Wildman–Crippen MR) is 80.1 cm³/mol. The van der Waals surface area contributed by atoms with Gasteiger partial charge >= 0.3 is 5.97 Å². The van der Waals surface area contributed by atoms with Crippen molar-refractivity contribution in [1.82, 2.24) is 5.32 Å². The minimum atomic E-state index is -1.03. The summed E-state index contributed by atoms with van der Waals surface area (Å²) < 4.78 is 6.57. The molecule has 1 fully saturated rings. The molecule has 108 valence electrons. The number of amides is 1. The van der Waals surface area contributed by atoms with Crippen LogP contribution in [0.15, 0.2) is 21.1 Å². The molecule has 1 aliphatic carbocycles. The molecule has 0 aliphatic heterocycles. The normalized spacial score (nSPS) is 15.6. The van der Waals surface area contributed by atoms with Crippen LogP contribution in [-0.4, -0.2) is 29.1 Å². The van der Waals surface area contributed by atoms with E-state index in [2.05, 4.69) is 37.2 Å². The quantitative estimate of drug-likeness (QED) is 0.788. The zero-order chi connectivity index (χ0) is 14.9. The van der Waals surface area contributed by atoms with E-state index in [9.17, 15) is 9.59 Å². The molecule has 1 aliphatic rings. The Morgan fingerprint density at radius 2 is 1.90 bits per heavy atom. The van der Waals surface area contributed by atoms with Gasteiger partial charge in [-0.3, -0.25) is 4.79 Å². The number of nitrogens with one attached hydrogen (secondary N) is 1. The molecule has 1 amide bonds. The molecule has 5 nitrogen and oxygen atoms in total. The second-order valence-corrected chi connectivity index (χ2v) is 6.33. The van der Waals surface area contributed by atoms with E-state index in [1.165, 1.54) is 12.1 Å². The standard InChI is InChI=1S/C13H13Br2NO4/c1-6(12(17)16-8-2-3-8)20-11-9(14)4-7(13(18)19)5-10(11)15/h4-6,8H,2-3H2,1H3,(H,16,17)(H,18,19). The molecule has 0 spiro atoms. The van der Waals surface area contributed by atoms with Gasteiger partial charge in [-0.25, -0.2) is 4.79 Å². The number of ether oxygens (including phenoxy) is 1. The Labute approximate surface area is 132 Å². The van der Waals surface area contributed by atoms with Gasteiger partial charge in [0.25, 0.3) is 5.91 Å². The summed E-state index contributed by atoms with van der Waals surface area (Å²) in [6, 6.07) is 3.15. The van der Waals surface area contributed by atoms with Crippen LogP contribution in [0, 0.1) is 0 Å². The van der Waals surface area contributed by atoms with E-state index < -0.39 is 12.1 Å². The Morgan fingerprint density at radius 3 is 2.35 bits per heavy atom. The van der Waals surface area contributed by atoms with Crippen molar-refractivity contribution >= 4 is 43.7 Å². The molecule has 0 saturated heterocycles. The van der Waals surface area contributed by atoms with Gasteiger partial charge < -0.3 is 15.2 Å². The van der Waals surface area contributed by atoms with Crippen LogP contribution in [0.5, 0.6) is 5.75 Å². The minimum Gasteiger partial charge on any atom is -0.479 e.